The van der Waals surface area contributed by atoms with Gasteiger partial charge in [-0.05, 0) is 24.3 Å². The second-order valence-electron chi connectivity index (χ2n) is 2.69. The summed E-state index contributed by atoms with van der Waals surface area (Å²) < 4.78 is 12.5. The normalized spacial score (nSPS) is 8.81. The fourth-order valence-corrected chi connectivity index (χ4v) is 0.861. The molecule has 0 saturated carbocycles. The van der Waals surface area contributed by atoms with Gasteiger partial charge >= 0.3 is 57.4 Å². The number of carboxylic acid groups (broad SMARTS) is 1. The fraction of sp³-hybridized carbons (Fsp3) is 0.111. The SMILES string of the molecule is O=C([O-])CNC(=O)Nc1ccc(F)cc1.[K+]. The average Bonchev–Trinajstić information content (AvgIpc) is 2.19. The maximum Gasteiger partial charge on any atom is 1.00 e. The Morgan fingerprint density at radius 1 is 1.25 bits per heavy atom. The van der Waals surface area contributed by atoms with Crippen LogP contribution in [0.3, 0.4) is 0 Å². The first-order valence-electron chi connectivity index (χ1n) is 4.08. The zero-order valence-electron chi connectivity index (χ0n) is 8.62. The minimum Gasteiger partial charge on any atom is -0.548 e. The number of rotatable bonds is 3. The molecule has 0 atom stereocenters. The van der Waals surface area contributed by atoms with E-state index >= 15 is 0 Å². The number of carbonyl (C=O) groups is 2. The number of carboxylic acids is 1. The van der Waals surface area contributed by atoms with Crippen LogP contribution in [0.5, 0.6) is 0 Å². The molecule has 16 heavy (non-hydrogen) atoms. The zero-order chi connectivity index (χ0) is 11.3. The number of aliphatic carboxylic acids is 1. The molecule has 0 radical (unpaired) electrons. The monoisotopic (exact) mass is 250 g/mol. The van der Waals surface area contributed by atoms with Crippen LogP contribution < -0.4 is 67.1 Å². The number of hydrogen-bond acceptors (Lipinski definition) is 3. The third-order valence-electron chi connectivity index (χ3n) is 1.50. The average molecular weight is 250 g/mol. The summed E-state index contributed by atoms with van der Waals surface area (Å²) in [5, 5.41) is 14.4. The molecule has 0 saturated heterocycles. The van der Waals surface area contributed by atoms with Crippen molar-refractivity contribution in [3.05, 3.63) is 30.1 Å². The topological polar surface area (TPSA) is 81.3 Å². The van der Waals surface area contributed by atoms with Crippen LogP contribution in [-0.2, 0) is 4.79 Å². The van der Waals surface area contributed by atoms with Crippen LogP contribution in [0.4, 0.5) is 14.9 Å². The molecule has 0 unspecified atom stereocenters. The van der Waals surface area contributed by atoms with Gasteiger partial charge in [-0.25, -0.2) is 9.18 Å². The van der Waals surface area contributed by atoms with Crippen LogP contribution >= 0.6 is 0 Å². The zero-order valence-corrected chi connectivity index (χ0v) is 11.7. The molecule has 2 N–H and O–H groups in total. The Morgan fingerprint density at radius 3 is 2.31 bits per heavy atom. The maximum absolute atomic E-state index is 12.5. The Hall–Kier alpha value is -0.474. The number of hydrogen-bond donors (Lipinski definition) is 2. The predicted molar refractivity (Wildman–Crippen MR) is 48.4 cm³/mol. The van der Waals surface area contributed by atoms with Crippen molar-refractivity contribution in [1.82, 2.24) is 5.32 Å². The van der Waals surface area contributed by atoms with Crippen molar-refractivity contribution in [2.75, 3.05) is 11.9 Å². The van der Waals surface area contributed by atoms with Gasteiger partial charge in [0.25, 0.3) is 0 Å². The number of nitrogens with one attached hydrogen (secondary N) is 2. The van der Waals surface area contributed by atoms with E-state index in [4.69, 9.17) is 0 Å². The standard InChI is InChI=1S/C9H9FN2O3.K/c10-6-1-3-7(4-2-6)12-9(15)11-5-8(13)14;/h1-4H,5H2,(H,13,14)(H2,11,12,15);/q;+1/p-1. The smallest absolute Gasteiger partial charge is 0.548 e. The molecule has 2 amide bonds. The van der Waals surface area contributed by atoms with E-state index in [0.29, 0.717) is 5.69 Å². The molecular weight excluding hydrogens is 242 g/mol. The van der Waals surface area contributed by atoms with E-state index in [9.17, 15) is 19.1 Å². The molecule has 0 bridgehead atoms. The Labute approximate surface area is 134 Å². The third kappa shape index (κ3) is 6.18. The third-order valence-corrected chi connectivity index (χ3v) is 1.50. The second-order valence-corrected chi connectivity index (χ2v) is 2.69. The van der Waals surface area contributed by atoms with Crippen LogP contribution in [0.15, 0.2) is 24.3 Å². The molecule has 80 valence electrons. The van der Waals surface area contributed by atoms with E-state index in [2.05, 4.69) is 5.32 Å². The first-order valence-corrected chi connectivity index (χ1v) is 4.08. The van der Waals surface area contributed by atoms with Gasteiger partial charge in [0.1, 0.15) is 5.82 Å². The van der Waals surface area contributed by atoms with Gasteiger partial charge in [-0.3, -0.25) is 0 Å². The first-order chi connectivity index (χ1) is 7.08. The Morgan fingerprint density at radius 2 is 1.81 bits per heavy atom. The van der Waals surface area contributed by atoms with Crippen molar-refractivity contribution in [2.24, 2.45) is 0 Å². The number of urea groups is 1. The number of benzene rings is 1. The van der Waals surface area contributed by atoms with E-state index in [-0.39, 0.29) is 51.4 Å². The number of halogens is 1. The van der Waals surface area contributed by atoms with Crippen molar-refractivity contribution in [2.45, 2.75) is 0 Å². The van der Waals surface area contributed by atoms with Crippen LogP contribution in [0.1, 0.15) is 0 Å². The molecule has 1 aromatic rings. The first kappa shape index (κ1) is 15.5. The van der Waals surface area contributed by atoms with Crippen LogP contribution in [-0.4, -0.2) is 18.5 Å². The number of anilines is 1. The molecule has 5 nitrogen and oxygen atoms in total. The van der Waals surface area contributed by atoms with E-state index in [0.717, 1.165) is 0 Å². The molecule has 0 fully saturated rings. The summed E-state index contributed by atoms with van der Waals surface area (Å²) in [4.78, 5) is 21.0. The van der Waals surface area contributed by atoms with Crippen molar-refractivity contribution in [1.29, 1.82) is 0 Å². The van der Waals surface area contributed by atoms with Crippen molar-refractivity contribution in [3.63, 3.8) is 0 Å². The number of carbonyl (C=O) groups excluding carboxylic acids is 2. The van der Waals surface area contributed by atoms with Gasteiger partial charge in [-0.15, -0.1) is 0 Å². The molecular formula is C9H8FKN2O3. The minimum absolute atomic E-state index is 0. The molecule has 0 spiro atoms. The number of amides is 2. The van der Waals surface area contributed by atoms with Gasteiger partial charge in [0, 0.05) is 5.69 Å². The second kappa shape index (κ2) is 7.74. The van der Waals surface area contributed by atoms with E-state index < -0.39 is 24.4 Å². The van der Waals surface area contributed by atoms with Crippen LogP contribution in [0.2, 0.25) is 0 Å². The van der Waals surface area contributed by atoms with Crippen molar-refractivity contribution < 1.29 is 70.5 Å². The summed E-state index contributed by atoms with van der Waals surface area (Å²) in [7, 11) is 0. The molecule has 1 rings (SSSR count). The molecule has 0 aliphatic carbocycles. The van der Waals surface area contributed by atoms with Gasteiger partial charge in [0.2, 0.25) is 0 Å². The molecule has 0 aliphatic rings. The maximum atomic E-state index is 12.5. The Balaban J connectivity index is 0.00000225. The minimum atomic E-state index is -1.38. The van der Waals surface area contributed by atoms with E-state index in [1.54, 1.807) is 0 Å². The van der Waals surface area contributed by atoms with Crippen molar-refractivity contribution in [3.8, 4) is 0 Å². The summed E-state index contributed by atoms with van der Waals surface area (Å²) in [6, 6.07) is 4.37. The molecule has 7 heteroatoms. The van der Waals surface area contributed by atoms with Crippen LogP contribution in [0, 0.1) is 5.82 Å². The molecule has 0 heterocycles. The molecule has 0 aromatic heterocycles. The summed E-state index contributed by atoms with van der Waals surface area (Å²) >= 11 is 0. The van der Waals surface area contributed by atoms with E-state index in [1.165, 1.54) is 24.3 Å². The van der Waals surface area contributed by atoms with Gasteiger partial charge in [-0.2, -0.15) is 0 Å². The largest absolute Gasteiger partial charge is 1.00 e. The van der Waals surface area contributed by atoms with Crippen molar-refractivity contribution >= 4 is 17.7 Å². The summed E-state index contributed by atoms with van der Waals surface area (Å²) in [6.07, 6.45) is 0. The molecule has 1 aromatic carbocycles. The quantitative estimate of drug-likeness (QED) is 0.551. The van der Waals surface area contributed by atoms with Gasteiger partial charge in [0.15, 0.2) is 0 Å². The Kier molecular flexibility index (Phi) is 7.51. The molecule has 0 aliphatic heterocycles. The summed E-state index contributed by atoms with van der Waals surface area (Å²) in [6.45, 7) is -0.576. The van der Waals surface area contributed by atoms with E-state index in [1.807, 2.05) is 5.32 Å². The predicted octanol–water partition coefficient (Wildman–Crippen LogP) is -3.30. The van der Waals surface area contributed by atoms with Gasteiger partial charge in [-0.1, -0.05) is 0 Å². The van der Waals surface area contributed by atoms with Gasteiger partial charge in [0.05, 0.1) is 12.5 Å². The summed E-state index contributed by atoms with van der Waals surface area (Å²) in [5.74, 6) is -1.81. The fourth-order valence-electron chi connectivity index (χ4n) is 0.861. The summed E-state index contributed by atoms with van der Waals surface area (Å²) in [5.41, 5.74) is 0.368. The Bertz CT molecular complexity index is 370. The van der Waals surface area contributed by atoms with Crippen LogP contribution in [0.25, 0.3) is 0 Å². The van der Waals surface area contributed by atoms with Gasteiger partial charge < -0.3 is 20.5 Å².